The molecule has 8 heavy (non-hydrogen) atoms. The van der Waals surface area contributed by atoms with E-state index in [0.717, 1.165) is 19.0 Å². The Morgan fingerprint density at radius 3 is 2.88 bits per heavy atom. The van der Waals surface area contributed by atoms with Gasteiger partial charge in [0.1, 0.15) is 0 Å². The van der Waals surface area contributed by atoms with Crippen LogP contribution in [0.4, 0.5) is 0 Å². The summed E-state index contributed by atoms with van der Waals surface area (Å²) < 4.78 is 0. The molecule has 1 heterocycles. The molecule has 1 N–H and O–H groups in total. The van der Waals surface area contributed by atoms with Gasteiger partial charge in [-0.15, -0.1) is 0 Å². The van der Waals surface area contributed by atoms with Crippen LogP contribution >= 0.6 is 0 Å². The molecule has 0 saturated heterocycles. The summed E-state index contributed by atoms with van der Waals surface area (Å²) in [6, 6.07) is 0. The zero-order chi connectivity index (χ0) is 5.98. The van der Waals surface area contributed by atoms with Crippen LogP contribution in [0.15, 0.2) is 11.6 Å². The van der Waals surface area contributed by atoms with Gasteiger partial charge >= 0.3 is 0 Å². The fraction of sp³-hybridized carbons (Fsp3) is 0.714. The molecular weight excluding hydrogens is 98.1 g/mol. The van der Waals surface area contributed by atoms with Crippen molar-refractivity contribution in [2.24, 2.45) is 5.92 Å². The summed E-state index contributed by atoms with van der Waals surface area (Å²) in [4.78, 5) is 0. The van der Waals surface area contributed by atoms with E-state index >= 15 is 0 Å². The van der Waals surface area contributed by atoms with Crippen LogP contribution in [-0.2, 0) is 0 Å². The summed E-state index contributed by atoms with van der Waals surface area (Å²) in [5.74, 6) is 0.740. The van der Waals surface area contributed by atoms with Crippen LogP contribution in [0, 0.1) is 5.92 Å². The second-order valence-corrected chi connectivity index (χ2v) is 2.62. The smallest absolute Gasteiger partial charge is 0.0162 e. The Hall–Kier alpha value is -0.300. The van der Waals surface area contributed by atoms with Crippen molar-refractivity contribution in [3.63, 3.8) is 0 Å². The molecular formula is C7H13N. The highest BCUT2D eigenvalue weighted by atomic mass is 14.9. The van der Waals surface area contributed by atoms with Gasteiger partial charge in [-0.1, -0.05) is 18.6 Å². The molecule has 0 fully saturated rings. The average molecular weight is 111 g/mol. The first-order valence-electron chi connectivity index (χ1n) is 3.17. The van der Waals surface area contributed by atoms with Crippen LogP contribution in [0.25, 0.3) is 0 Å². The normalized spacial score (nSPS) is 29.8. The molecule has 0 aliphatic carbocycles. The lowest BCUT2D eigenvalue weighted by Crippen LogP contribution is -2.26. The van der Waals surface area contributed by atoms with Crippen molar-refractivity contribution in [3.05, 3.63) is 11.6 Å². The molecule has 1 rings (SSSR count). The first kappa shape index (κ1) is 5.83. The Morgan fingerprint density at radius 2 is 2.50 bits per heavy atom. The Bertz CT molecular complexity index is 105. The molecule has 1 nitrogen and oxygen atoms in total. The van der Waals surface area contributed by atoms with E-state index in [0.29, 0.717) is 0 Å². The van der Waals surface area contributed by atoms with Crippen LogP contribution in [0.3, 0.4) is 0 Å². The fourth-order valence-corrected chi connectivity index (χ4v) is 1.10. The zero-order valence-corrected chi connectivity index (χ0v) is 5.57. The van der Waals surface area contributed by atoms with E-state index in [1.165, 1.54) is 5.57 Å². The van der Waals surface area contributed by atoms with Gasteiger partial charge in [-0.05, 0) is 12.8 Å². The Kier molecular flexibility index (Phi) is 1.69. The van der Waals surface area contributed by atoms with Crippen LogP contribution < -0.4 is 5.32 Å². The van der Waals surface area contributed by atoms with Gasteiger partial charge in [0.15, 0.2) is 0 Å². The van der Waals surface area contributed by atoms with Gasteiger partial charge in [-0.25, -0.2) is 0 Å². The van der Waals surface area contributed by atoms with Crippen molar-refractivity contribution in [2.45, 2.75) is 13.8 Å². The maximum absolute atomic E-state index is 3.32. The topological polar surface area (TPSA) is 12.0 Å². The molecule has 0 saturated carbocycles. The second kappa shape index (κ2) is 2.31. The van der Waals surface area contributed by atoms with Gasteiger partial charge in [-0.2, -0.15) is 0 Å². The van der Waals surface area contributed by atoms with Gasteiger partial charge in [0, 0.05) is 13.1 Å². The number of rotatable bonds is 0. The van der Waals surface area contributed by atoms with Crippen molar-refractivity contribution in [1.82, 2.24) is 5.32 Å². The molecule has 0 bridgehead atoms. The van der Waals surface area contributed by atoms with Crippen LogP contribution in [-0.4, -0.2) is 13.1 Å². The summed E-state index contributed by atoms with van der Waals surface area (Å²) in [7, 11) is 0. The van der Waals surface area contributed by atoms with E-state index < -0.39 is 0 Å². The minimum Gasteiger partial charge on any atom is -0.312 e. The molecule has 1 unspecified atom stereocenters. The predicted molar refractivity (Wildman–Crippen MR) is 35.8 cm³/mol. The van der Waals surface area contributed by atoms with Crippen molar-refractivity contribution < 1.29 is 0 Å². The fourth-order valence-electron chi connectivity index (χ4n) is 1.10. The highest BCUT2D eigenvalue weighted by molar-refractivity contribution is 5.06. The average Bonchev–Trinajstić information content (AvgIpc) is 1.64. The molecule has 1 aliphatic rings. The maximum atomic E-state index is 3.32. The quantitative estimate of drug-likeness (QED) is 0.463. The lowest BCUT2D eigenvalue weighted by molar-refractivity contribution is 0.583. The lowest BCUT2D eigenvalue weighted by Gasteiger charge is -2.15. The minimum absolute atomic E-state index is 0.740. The van der Waals surface area contributed by atoms with E-state index in [4.69, 9.17) is 0 Å². The van der Waals surface area contributed by atoms with Crippen LogP contribution in [0.1, 0.15) is 13.8 Å². The largest absolute Gasteiger partial charge is 0.312 e. The van der Waals surface area contributed by atoms with Crippen molar-refractivity contribution in [3.8, 4) is 0 Å². The van der Waals surface area contributed by atoms with Gasteiger partial charge in [0.2, 0.25) is 0 Å². The molecule has 1 aliphatic heterocycles. The third-order valence-corrected chi connectivity index (χ3v) is 1.44. The predicted octanol–water partition coefficient (Wildman–Crippen LogP) is 1.17. The van der Waals surface area contributed by atoms with E-state index in [2.05, 4.69) is 25.2 Å². The highest BCUT2D eigenvalue weighted by Gasteiger charge is 2.03. The van der Waals surface area contributed by atoms with Crippen molar-refractivity contribution in [2.75, 3.05) is 13.1 Å². The first-order chi connectivity index (χ1) is 3.79. The van der Waals surface area contributed by atoms with Gasteiger partial charge in [0.25, 0.3) is 0 Å². The number of hydrogen-bond donors (Lipinski definition) is 1. The van der Waals surface area contributed by atoms with E-state index in [1.54, 1.807) is 0 Å². The molecule has 0 aromatic heterocycles. The SMILES string of the molecule is CC1=CC(C)CNC1. The summed E-state index contributed by atoms with van der Waals surface area (Å²) in [5.41, 5.74) is 1.48. The van der Waals surface area contributed by atoms with Crippen LogP contribution in [0.5, 0.6) is 0 Å². The zero-order valence-electron chi connectivity index (χ0n) is 5.57. The monoisotopic (exact) mass is 111 g/mol. The third kappa shape index (κ3) is 1.34. The summed E-state index contributed by atoms with van der Waals surface area (Å²) in [6.07, 6.45) is 2.33. The van der Waals surface area contributed by atoms with Crippen molar-refractivity contribution in [1.29, 1.82) is 0 Å². The molecule has 0 amide bonds. The van der Waals surface area contributed by atoms with E-state index in [9.17, 15) is 0 Å². The van der Waals surface area contributed by atoms with Crippen molar-refractivity contribution >= 4 is 0 Å². The van der Waals surface area contributed by atoms with Crippen LogP contribution in [0.2, 0.25) is 0 Å². The van der Waals surface area contributed by atoms with E-state index in [-0.39, 0.29) is 0 Å². The standard InChI is InChI=1S/C7H13N/c1-6-3-7(2)5-8-4-6/h3,6,8H,4-5H2,1-2H3. The second-order valence-electron chi connectivity index (χ2n) is 2.62. The Balaban J connectivity index is 2.50. The van der Waals surface area contributed by atoms with E-state index in [1.807, 2.05) is 0 Å². The molecule has 1 heteroatoms. The summed E-state index contributed by atoms with van der Waals surface area (Å²) in [6.45, 7) is 6.64. The first-order valence-corrected chi connectivity index (χ1v) is 3.17. The third-order valence-electron chi connectivity index (χ3n) is 1.44. The Labute approximate surface area is 50.8 Å². The van der Waals surface area contributed by atoms with Gasteiger partial charge in [-0.3, -0.25) is 0 Å². The molecule has 0 aromatic carbocycles. The molecule has 0 radical (unpaired) electrons. The van der Waals surface area contributed by atoms with Gasteiger partial charge < -0.3 is 5.32 Å². The minimum atomic E-state index is 0.740. The molecule has 46 valence electrons. The number of nitrogens with one attached hydrogen (secondary N) is 1. The lowest BCUT2D eigenvalue weighted by atomic mass is 10.1. The summed E-state index contributed by atoms with van der Waals surface area (Å²) in [5, 5.41) is 3.32. The molecule has 0 aromatic rings. The maximum Gasteiger partial charge on any atom is 0.0162 e. The summed E-state index contributed by atoms with van der Waals surface area (Å²) >= 11 is 0. The molecule has 0 spiro atoms. The Morgan fingerprint density at radius 1 is 1.75 bits per heavy atom. The number of hydrogen-bond acceptors (Lipinski definition) is 1. The van der Waals surface area contributed by atoms with Gasteiger partial charge in [0.05, 0.1) is 0 Å². The highest BCUT2D eigenvalue weighted by Crippen LogP contribution is 2.04. The molecule has 1 atom stereocenters.